The van der Waals surface area contributed by atoms with Crippen molar-refractivity contribution in [2.24, 2.45) is 0 Å². The minimum atomic E-state index is -3.91. The van der Waals surface area contributed by atoms with Gasteiger partial charge in [0.15, 0.2) is 0 Å². The molecule has 8 heteroatoms. The second kappa shape index (κ2) is 7.40. The quantitative estimate of drug-likeness (QED) is 0.789. The fraction of sp³-hybridized carbons (Fsp3) is 0.263. The number of sulfonamides is 1. The lowest BCUT2D eigenvalue weighted by Crippen LogP contribution is -2.24. The Bertz CT molecular complexity index is 999. The van der Waals surface area contributed by atoms with Crippen LogP contribution in [0.5, 0.6) is 0 Å². The molecule has 1 heterocycles. The lowest BCUT2D eigenvalue weighted by Gasteiger charge is -2.15. The zero-order chi connectivity index (χ0) is 19.6. The zero-order valence-corrected chi connectivity index (χ0v) is 15.7. The van der Waals surface area contributed by atoms with Crippen molar-refractivity contribution < 1.29 is 27.5 Å². The third kappa shape index (κ3) is 4.11. The normalized spacial score (nSPS) is 16.7. The van der Waals surface area contributed by atoms with Crippen LogP contribution in [0.4, 0.5) is 5.69 Å². The number of para-hydroxylation sites is 1. The van der Waals surface area contributed by atoms with Crippen LogP contribution in [-0.2, 0) is 24.3 Å². The first-order valence-electron chi connectivity index (χ1n) is 8.34. The number of rotatable bonds is 5. The van der Waals surface area contributed by atoms with Gasteiger partial charge in [-0.05, 0) is 43.2 Å². The van der Waals surface area contributed by atoms with Gasteiger partial charge in [-0.15, -0.1) is 0 Å². The smallest absolute Gasteiger partial charge is 0.347 e. The molecule has 0 radical (unpaired) electrons. The molecule has 0 aliphatic carbocycles. The van der Waals surface area contributed by atoms with Gasteiger partial charge in [0.05, 0.1) is 22.8 Å². The molecule has 7 nitrogen and oxygen atoms in total. The van der Waals surface area contributed by atoms with E-state index >= 15 is 0 Å². The van der Waals surface area contributed by atoms with Crippen LogP contribution < -0.4 is 4.72 Å². The third-order valence-corrected chi connectivity index (χ3v) is 5.67. The van der Waals surface area contributed by atoms with Gasteiger partial charge in [-0.25, -0.2) is 18.0 Å². The van der Waals surface area contributed by atoms with E-state index in [0.29, 0.717) is 5.56 Å². The molecule has 1 aliphatic heterocycles. The summed E-state index contributed by atoms with van der Waals surface area (Å²) in [4.78, 5) is 24.1. The van der Waals surface area contributed by atoms with Gasteiger partial charge in [-0.1, -0.05) is 24.3 Å². The highest BCUT2D eigenvalue weighted by Gasteiger charge is 2.31. The molecule has 27 heavy (non-hydrogen) atoms. The topological polar surface area (TPSA) is 98.8 Å². The summed E-state index contributed by atoms with van der Waals surface area (Å²) in [6.45, 7) is 3.68. The van der Waals surface area contributed by atoms with E-state index in [1.807, 2.05) is 6.07 Å². The molecule has 0 bridgehead atoms. The van der Waals surface area contributed by atoms with E-state index in [-0.39, 0.29) is 29.2 Å². The molecule has 0 saturated carbocycles. The molecule has 2 aromatic rings. The number of carbonyl (C=O) groups excluding carboxylic acids is 2. The van der Waals surface area contributed by atoms with Crippen molar-refractivity contribution in [1.29, 1.82) is 0 Å². The van der Waals surface area contributed by atoms with Crippen LogP contribution >= 0.6 is 0 Å². The molecule has 1 atom stereocenters. The number of anilines is 1. The maximum Gasteiger partial charge on any atom is 0.347 e. The monoisotopic (exact) mass is 389 g/mol. The van der Waals surface area contributed by atoms with E-state index in [0.717, 1.165) is 5.56 Å². The van der Waals surface area contributed by atoms with E-state index in [2.05, 4.69) is 4.72 Å². The Hall–Kier alpha value is -2.87. The molecule has 0 aromatic heterocycles. The van der Waals surface area contributed by atoms with Gasteiger partial charge in [0.1, 0.15) is 0 Å². The van der Waals surface area contributed by atoms with Crippen LogP contribution in [0.15, 0.2) is 47.4 Å². The molecule has 0 spiro atoms. The summed E-state index contributed by atoms with van der Waals surface area (Å²) < 4.78 is 38.0. The molecule has 142 valence electrons. The molecule has 3 rings (SSSR count). The van der Waals surface area contributed by atoms with E-state index < -0.39 is 28.1 Å². The predicted molar refractivity (Wildman–Crippen MR) is 97.9 cm³/mol. The Morgan fingerprint density at radius 2 is 1.93 bits per heavy atom. The lowest BCUT2D eigenvalue weighted by atomic mass is 10.2. The van der Waals surface area contributed by atoms with Crippen molar-refractivity contribution in [3.63, 3.8) is 0 Å². The summed E-state index contributed by atoms with van der Waals surface area (Å²) in [5, 5.41) is 0. The highest BCUT2D eigenvalue weighted by atomic mass is 32.2. The van der Waals surface area contributed by atoms with Crippen molar-refractivity contribution in [2.45, 2.75) is 31.3 Å². The highest BCUT2D eigenvalue weighted by molar-refractivity contribution is 7.92. The van der Waals surface area contributed by atoms with E-state index in [1.54, 1.807) is 38.1 Å². The number of nitrogens with one attached hydrogen (secondary N) is 1. The highest BCUT2D eigenvalue weighted by Crippen LogP contribution is 2.24. The fourth-order valence-electron chi connectivity index (χ4n) is 2.72. The summed E-state index contributed by atoms with van der Waals surface area (Å²) in [6.07, 6.45) is -0.692. The Labute approximate surface area is 157 Å². The first kappa shape index (κ1) is 18.9. The molecule has 1 fully saturated rings. The summed E-state index contributed by atoms with van der Waals surface area (Å²) >= 11 is 0. The predicted octanol–water partition coefficient (Wildman–Crippen LogP) is 2.58. The van der Waals surface area contributed by atoms with Gasteiger partial charge in [0, 0.05) is 6.42 Å². The molecule has 0 amide bonds. The van der Waals surface area contributed by atoms with Gasteiger partial charge >= 0.3 is 11.9 Å². The van der Waals surface area contributed by atoms with Gasteiger partial charge < -0.3 is 9.47 Å². The van der Waals surface area contributed by atoms with Crippen LogP contribution in [0.25, 0.3) is 0 Å². The van der Waals surface area contributed by atoms with Crippen molar-refractivity contribution in [3.8, 4) is 0 Å². The van der Waals surface area contributed by atoms with Crippen molar-refractivity contribution in [3.05, 3.63) is 59.2 Å². The number of hydrogen-bond acceptors (Lipinski definition) is 6. The molecule has 2 aromatic carbocycles. The van der Waals surface area contributed by atoms with Crippen LogP contribution in [0.3, 0.4) is 0 Å². The molecule has 1 saturated heterocycles. The lowest BCUT2D eigenvalue weighted by molar-refractivity contribution is -0.145. The number of carbonyl (C=O) groups is 2. The fourth-order valence-corrected chi connectivity index (χ4v) is 4.13. The van der Waals surface area contributed by atoms with Crippen LogP contribution in [0, 0.1) is 13.8 Å². The zero-order valence-electron chi connectivity index (χ0n) is 14.9. The number of aryl methyl sites for hydroxylation is 2. The van der Waals surface area contributed by atoms with Gasteiger partial charge in [0.2, 0.25) is 6.10 Å². The first-order chi connectivity index (χ1) is 12.8. The molecule has 1 N–H and O–H groups in total. The number of ether oxygens (including phenoxy) is 2. The molecular formula is C19H19NO6S. The standard InChI is InChI=1S/C19H19NO6S/c1-12-7-8-13(2)17(11-12)27(23,24)20-15-6-4-3-5-14(15)18(21)26-16-9-10-25-19(16)22/h3-8,11,16,20H,9-10H2,1-2H3/t16-/m1/s1. The van der Waals surface area contributed by atoms with Gasteiger partial charge in [-0.3, -0.25) is 4.72 Å². The number of benzene rings is 2. The Balaban J connectivity index is 1.88. The summed E-state index contributed by atoms with van der Waals surface area (Å²) in [6, 6.07) is 11.2. The average Bonchev–Trinajstić information content (AvgIpc) is 3.02. The minimum Gasteiger partial charge on any atom is -0.463 e. The Kier molecular flexibility index (Phi) is 5.18. The maximum absolute atomic E-state index is 12.8. The van der Waals surface area contributed by atoms with E-state index in [9.17, 15) is 18.0 Å². The SMILES string of the molecule is Cc1ccc(C)c(S(=O)(=O)Nc2ccccc2C(=O)O[C@@H]2CCOC2=O)c1. The Morgan fingerprint density at radius 3 is 2.63 bits per heavy atom. The first-order valence-corrected chi connectivity index (χ1v) is 9.83. The van der Waals surface area contributed by atoms with Crippen LogP contribution in [0.1, 0.15) is 27.9 Å². The largest absolute Gasteiger partial charge is 0.463 e. The van der Waals surface area contributed by atoms with E-state index in [1.165, 1.54) is 12.1 Å². The summed E-state index contributed by atoms with van der Waals surface area (Å²) in [7, 11) is -3.91. The van der Waals surface area contributed by atoms with Crippen molar-refractivity contribution in [2.75, 3.05) is 11.3 Å². The second-order valence-electron chi connectivity index (χ2n) is 6.27. The van der Waals surface area contributed by atoms with Crippen LogP contribution in [-0.4, -0.2) is 33.1 Å². The molecule has 0 unspecified atom stereocenters. The summed E-state index contributed by atoms with van der Waals surface area (Å²) in [5.74, 6) is -1.39. The third-order valence-electron chi connectivity index (χ3n) is 4.16. The van der Waals surface area contributed by atoms with Gasteiger partial charge in [-0.2, -0.15) is 0 Å². The minimum absolute atomic E-state index is 0.0195. The number of cyclic esters (lactones) is 1. The molecular weight excluding hydrogens is 370 g/mol. The Morgan fingerprint density at radius 1 is 1.19 bits per heavy atom. The second-order valence-corrected chi connectivity index (χ2v) is 7.92. The number of hydrogen-bond donors (Lipinski definition) is 1. The van der Waals surface area contributed by atoms with E-state index in [4.69, 9.17) is 9.47 Å². The molecule has 1 aliphatic rings. The average molecular weight is 389 g/mol. The number of esters is 2. The van der Waals surface area contributed by atoms with Crippen molar-refractivity contribution in [1.82, 2.24) is 0 Å². The summed E-state index contributed by atoms with van der Waals surface area (Å²) in [5.41, 5.74) is 1.48. The van der Waals surface area contributed by atoms with Crippen molar-refractivity contribution >= 4 is 27.6 Å². The maximum atomic E-state index is 12.8. The van der Waals surface area contributed by atoms with Crippen LogP contribution in [0.2, 0.25) is 0 Å². The van der Waals surface area contributed by atoms with Gasteiger partial charge in [0.25, 0.3) is 10.0 Å².